The van der Waals surface area contributed by atoms with Crippen molar-refractivity contribution in [3.63, 3.8) is 0 Å². The second-order valence-corrected chi connectivity index (χ2v) is 17.1. The van der Waals surface area contributed by atoms with E-state index in [0.717, 1.165) is 82.5 Å². The van der Waals surface area contributed by atoms with Gasteiger partial charge >= 0.3 is 6.09 Å². The zero-order valence-electron chi connectivity index (χ0n) is 34.8. The van der Waals surface area contributed by atoms with Crippen LogP contribution in [0.4, 0.5) is 14.9 Å². The van der Waals surface area contributed by atoms with Crippen LogP contribution in [-0.2, 0) is 20.9 Å². The van der Waals surface area contributed by atoms with Gasteiger partial charge in [-0.05, 0) is 85.0 Å². The van der Waals surface area contributed by atoms with Crippen molar-refractivity contribution in [1.82, 2.24) is 9.80 Å². The molecule has 8 nitrogen and oxygen atoms in total. The van der Waals surface area contributed by atoms with Crippen molar-refractivity contribution in [3.05, 3.63) is 83.1 Å². The number of hydrogen-bond acceptors (Lipinski definition) is 6. The van der Waals surface area contributed by atoms with Gasteiger partial charge < -0.3 is 14.4 Å². The molecule has 308 valence electrons. The minimum atomic E-state index is -0.564. The number of unbranched alkanes of at least 4 members (excludes halogenated alkanes) is 6. The monoisotopic (exact) mass is 793 g/mol. The molecule has 3 aromatic rings. The summed E-state index contributed by atoms with van der Waals surface area (Å²) in [6.07, 6.45) is 8.74. The van der Waals surface area contributed by atoms with Crippen LogP contribution in [0.3, 0.4) is 0 Å². The third-order valence-corrected chi connectivity index (χ3v) is 9.52. The number of rotatable bonds is 17. The fraction of sp³-hybridized carbons (Fsp3) is 0.543. The number of nitrogens with zero attached hydrogens (tertiary/aromatic N) is 2. The summed E-state index contributed by atoms with van der Waals surface area (Å²) < 4.78 is 26.0. The summed E-state index contributed by atoms with van der Waals surface area (Å²) in [7, 11) is 0. The first-order valence-corrected chi connectivity index (χ1v) is 20.8. The second-order valence-electron chi connectivity index (χ2n) is 16.7. The van der Waals surface area contributed by atoms with Crippen molar-refractivity contribution < 1.29 is 28.2 Å². The molecule has 1 heterocycles. The minimum absolute atomic E-state index is 0.0760. The molecule has 0 atom stereocenters. The molecule has 1 N–H and O–H groups in total. The van der Waals surface area contributed by atoms with Gasteiger partial charge in [0.1, 0.15) is 24.3 Å². The molecule has 1 fully saturated rings. The number of benzene rings is 3. The molecule has 0 spiro atoms. The third kappa shape index (κ3) is 17.9. The van der Waals surface area contributed by atoms with Gasteiger partial charge in [-0.25, -0.2) is 9.18 Å². The maximum atomic E-state index is 14.3. The number of imide groups is 1. The highest BCUT2D eigenvalue weighted by molar-refractivity contribution is 6.32. The van der Waals surface area contributed by atoms with E-state index < -0.39 is 11.9 Å². The van der Waals surface area contributed by atoms with E-state index in [1.165, 1.54) is 36.4 Å². The van der Waals surface area contributed by atoms with Gasteiger partial charge in [-0.1, -0.05) is 122 Å². The zero-order valence-corrected chi connectivity index (χ0v) is 35.6. The Balaban J connectivity index is 0.00000200. The van der Waals surface area contributed by atoms with Crippen LogP contribution in [0, 0.1) is 17.2 Å². The van der Waals surface area contributed by atoms with Crippen molar-refractivity contribution in [2.75, 3.05) is 31.5 Å². The fourth-order valence-electron chi connectivity index (χ4n) is 6.42. The molecule has 0 radical (unpaired) electrons. The van der Waals surface area contributed by atoms with E-state index in [1.54, 1.807) is 18.2 Å². The van der Waals surface area contributed by atoms with Gasteiger partial charge in [0.25, 0.3) is 0 Å². The topological polar surface area (TPSA) is 88.2 Å². The maximum absolute atomic E-state index is 14.3. The first-order chi connectivity index (χ1) is 26.6. The summed E-state index contributed by atoms with van der Waals surface area (Å²) in [5, 5.41) is 3.20. The predicted molar refractivity (Wildman–Crippen MR) is 226 cm³/mol. The van der Waals surface area contributed by atoms with E-state index in [-0.39, 0.29) is 23.3 Å². The number of carbonyl (C=O) groups is 3. The first-order valence-electron chi connectivity index (χ1n) is 20.4. The smallest absolute Gasteiger partial charge is 0.411 e. The van der Waals surface area contributed by atoms with Crippen LogP contribution in [-0.4, -0.2) is 60.0 Å². The molecular formula is C46H65ClFN3O5. The molecule has 0 aliphatic carbocycles. The molecule has 56 heavy (non-hydrogen) atoms. The van der Waals surface area contributed by atoms with Gasteiger partial charge in [-0.2, -0.15) is 0 Å². The Labute approximate surface area is 340 Å². The summed E-state index contributed by atoms with van der Waals surface area (Å²) in [6, 6.07) is 19.2. The summed E-state index contributed by atoms with van der Waals surface area (Å²) in [4.78, 5) is 41.2. The van der Waals surface area contributed by atoms with Crippen LogP contribution in [0.25, 0.3) is 11.1 Å². The summed E-state index contributed by atoms with van der Waals surface area (Å²) in [6.45, 7) is 17.7. The lowest BCUT2D eigenvalue weighted by Crippen LogP contribution is -2.38. The second kappa shape index (κ2) is 24.0. The highest BCUT2D eigenvalue weighted by Gasteiger charge is 2.24. The molecule has 3 aromatic carbocycles. The zero-order chi connectivity index (χ0) is 41.1. The van der Waals surface area contributed by atoms with E-state index in [1.807, 2.05) is 51.1 Å². The fourth-order valence-corrected chi connectivity index (χ4v) is 6.66. The Morgan fingerprint density at radius 2 is 1.52 bits per heavy atom. The number of hydrogen-bond donors (Lipinski definition) is 1. The Hall–Kier alpha value is -3.95. The lowest BCUT2D eigenvalue weighted by Gasteiger charge is -2.31. The Morgan fingerprint density at radius 1 is 0.893 bits per heavy atom. The Morgan fingerprint density at radius 3 is 2.12 bits per heavy atom. The number of piperidine rings is 1. The number of ether oxygens (including phenoxy) is 2. The van der Waals surface area contributed by atoms with Crippen molar-refractivity contribution in [1.29, 1.82) is 0 Å². The highest BCUT2D eigenvalue weighted by Crippen LogP contribution is 2.35. The van der Waals surface area contributed by atoms with Crippen LogP contribution in [0.5, 0.6) is 5.75 Å². The Kier molecular flexibility index (Phi) is 19.9. The van der Waals surface area contributed by atoms with E-state index in [9.17, 15) is 18.8 Å². The number of amides is 3. The third-order valence-electron chi connectivity index (χ3n) is 9.23. The number of likely N-dealkylation sites (tertiary alicyclic amines) is 1. The van der Waals surface area contributed by atoms with E-state index in [4.69, 9.17) is 21.1 Å². The normalized spacial score (nSPS) is 13.5. The molecule has 0 unspecified atom stereocenters. The summed E-state index contributed by atoms with van der Waals surface area (Å²) in [5.74, 6) is 0.675. The van der Waals surface area contributed by atoms with E-state index in [0.29, 0.717) is 47.2 Å². The minimum Gasteiger partial charge on any atom is -0.487 e. The van der Waals surface area contributed by atoms with Crippen LogP contribution >= 0.6 is 11.6 Å². The molecule has 0 saturated carbocycles. The number of carbonyl (C=O) groups excluding carboxylic acids is 3. The predicted octanol–water partition coefficient (Wildman–Crippen LogP) is 11.9. The van der Waals surface area contributed by atoms with Crippen molar-refractivity contribution >= 4 is 35.2 Å². The highest BCUT2D eigenvalue weighted by atomic mass is 35.5. The number of anilines is 1. The van der Waals surface area contributed by atoms with Gasteiger partial charge in [0, 0.05) is 38.5 Å². The average molecular weight is 794 g/mol. The van der Waals surface area contributed by atoms with Gasteiger partial charge in [-0.3, -0.25) is 19.8 Å². The van der Waals surface area contributed by atoms with E-state index in [2.05, 4.69) is 31.0 Å². The van der Waals surface area contributed by atoms with Gasteiger partial charge in [-0.15, -0.1) is 0 Å². The van der Waals surface area contributed by atoms with E-state index >= 15 is 0 Å². The first kappa shape index (κ1) is 46.4. The molecule has 0 bridgehead atoms. The molecule has 4 rings (SSSR count). The lowest BCUT2D eigenvalue weighted by molar-refractivity contribution is -0.144. The van der Waals surface area contributed by atoms with Crippen LogP contribution < -0.4 is 10.1 Å². The summed E-state index contributed by atoms with van der Waals surface area (Å²) >= 11 is 6.54. The largest absolute Gasteiger partial charge is 0.487 e. The Bertz CT molecular complexity index is 1650. The molecule has 3 amide bonds. The SMILES string of the molecule is CC(=O)N(CCCCCCCCCN1CCC(OC(=O)Nc2ccc(F)cc2-c2ccc(OCc3ccccc3)c(Cl)c2)CC1)C(=O)CC(C)(C)C.CC(C)C. The molecule has 0 aromatic heterocycles. The van der Waals surface area contributed by atoms with Crippen LogP contribution in [0.15, 0.2) is 66.7 Å². The average Bonchev–Trinajstić information content (AvgIpc) is 3.12. The lowest BCUT2D eigenvalue weighted by atomic mass is 9.91. The molecule has 1 aliphatic heterocycles. The van der Waals surface area contributed by atoms with Gasteiger partial charge in [0.05, 0.1) is 10.7 Å². The molecule has 1 aliphatic rings. The standard InChI is InChI=1S/C42H55ClFN3O5.C4H10/c1-31(48)47(40(49)29-42(2,3)4)24-14-9-7-5-6-8-13-23-46-25-21-35(22-26-46)52-41(50)45-38-19-18-34(44)28-36(38)33-17-20-39(37(43)27-33)51-30-32-15-11-10-12-16-32;1-4(2)3/h10-12,15-20,27-28,35H,5-9,13-14,21-26,29-30H2,1-4H3,(H,45,50);4H,1-3H3. The van der Waals surface area contributed by atoms with Crippen LogP contribution in [0.2, 0.25) is 5.02 Å². The van der Waals surface area contributed by atoms with Crippen molar-refractivity contribution in [3.8, 4) is 16.9 Å². The number of halogens is 2. The van der Waals surface area contributed by atoms with Crippen LogP contribution in [0.1, 0.15) is 118 Å². The molecule has 1 saturated heterocycles. The summed E-state index contributed by atoms with van der Waals surface area (Å²) in [5.41, 5.74) is 2.45. The van der Waals surface area contributed by atoms with Crippen molar-refractivity contribution in [2.24, 2.45) is 11.3 Å². The van der Waals surface area contributed by atoms with Gasteiger partial charge in [0.15, 0.2) is 0 Å². The quantitative estimate of drug-likeness (QED) is 0.137. The molecule has 10 heteroatoms. The van der Waals surface area contributed by atoms with Gasteiger partial charge in [0.2, 0.25) is 11.8 Å². The molecular weight excluding hydrogens is 729 g/mol. The number of nitrogens with one attached hydrogen (secondary N) is 1. The van der Waals surface area contributed by atoms with Crippen molar-refractivity contribution in [2.45, 2.75) is 125 Å². The maximum Gasteiger partial charge on any atom is 0.411 e.